The summed E-state index contributed by atoms with van der Waals surface area (Å²) in [5.41, 5.74) is 0. The van der Waals surface area contributed by atoms with Crippen LogP contribution in [-0.2, 0) is 14.3 Å². The minimum absolute atomic E-state index is 0.228. The molecule has 1 saturated heterocycles. The summed E-state index contributed by atoms with van der Waals surface area (Å²) in [4.78, 5) is 16.2. The molecule has 1 aliphatic heterocycles. The number of hydrogen-bond acceptors (Lipinski definition) is 6. The van der Waals surface area contributed by atoms with Gasteiger partial charge in [-0.25, -0.2) is 4.98 Å². The van der Waals surface area contributed by atoms with Crippen LogP contribution < -0.4 is 5.32 Å². The van der Waals surface area contributed by atoms with Crippen LogP contribution in [0.5, 0.6) is 0 Å². The van der Waals surface area contributed by atoms with E-state index in [1.54, 1.807) is 0 Å². The van der Waals surface area contributed by atoms with Crippen molar-refractivity contribution in [1.82, 2.24) is 9.36 Å². The van der Waals surface area contributed by atoms with Crippen molar-refractivity contribution in [3.05, 3.63) is 5.82 Å². The molecule has 18 heavy (non-hydrogen) atoms. The molecule has 100 valence electrons. The molecule has 1 N–H and O–H groups in total. The predicted molar refractivity (Wildman–Crippen MR) is 67.8 cm³/mol. The zero-order valence-corrected chi connectivity index (χ0v) is 11.5. The topological polar surface area (TPSA) is 73.3 Å². The zero-order valence-electron chi connectivity index (χ0n) is 10.7. The van der Waals surface area contributed by atoms with Gasteiger partial charge in [0, 0.05) is 17.5 Å². The molecule has 1 amide bonds. The third-order valence-electron chi connectivity index (χ3n) is 2.63. The van der Waals surface area contributed by atoms with E-state index in [9.17, 15) is 4.79 Å². The third kappa shape index (κ3) is 3.04. The summed E-state index contributed by atoms with van der Waals surface area (Å²) in [6.45, 7) is 6.81. The standard InChI is InChI=1S/C11H17N3O3S/c1-6(2)9-12-11(18-14-9)13-10(15)8-7(3)16-4-5-17-8/h6-8H,4-5H2,1-3H3,(H,12,13,14,15)/t7-,8-/m1/s1. The molecule has 1 aromatic rings. The van der Waals surface area contributed by atoms with Crippen molar-refractivity contribution in [1.29, 1.82) is 0 Å². The Balaban J connectivity index is 1.97. The number of nitrogens with one attached hydrogen (secondary N) is 1. The maximum atomic E-state index is 12.0. The van der Waals surface area contributed by atoms with Crippen molar-refractivity contribution in [3.8, 4) is 0 Å². The molecule has 6 nitrogen and oxygen atoms in total. The zero-order chi connectivity index (χ0) is 13.1. The van der Waals surface area contributed by atoms with Gasteiger partial charge in [-0.05, 0) is 6.92 Å². The lowest BCUT2D eigenvalue weighted by atomic mass is 10.2. The second kappa shape index (κ2) is 5.73. The average Bonchev–Trinajstić information content (AvgIpc) is 2.78. The monoisotopic (exact) mass is 271 g/mol. The predicted octanol–water partition coefficient (Wildman–Crippen LogP) is 1.40. The van der Waals surface area contributed by atoms with Gasteiger partial charge in [0.05, 0.1) is 19.3 Å². The SMILES string of the molecule is CC(C)c1nsc(NC(=O)[C@@H]2OCCO[C@@H]2C)n1. The molecular weight excluding hydrogens is 254 g/mol. The molecular formula is C11H17N3O3S. The van der Waals surface area contributed by atoms with Crippen LogP contribution in [0.1, 0.15) is 32.5 Å². The molecule has 0 radical (unpaired) electrons. The molecule has 0 aliphatic carbocycles. The molecule has 1 aromatic heterocycles. The van der Waals surface area contributed by atoms with Crippen LogP contribution in [0.15, 0.2) is 0 Å². The summed E-state index contributed by atoms with van der Waals surface area (Å²) in [6.07, 6.45) is -0.818. The Morgan fingerprint density at radius 3 is 2.78 bits per heavy atom. The first-order chi connectivity index (χ1) is 8.58. The van der Waals surface area contributed by atoms with Crippen LogP contribution in [0.4, 0.5) is 5.13 Å². The van der Waals surface area contributed by atoms with Crippen LogP contribution in [0.2, 0.25) is 0 Å². The van der Waals surface area contributed by atoms with Crippen molar-refractivity contribution < 1.29 is 14.3 Å². The second-order valence-electron chi connectivity index (χ2n) is 4.47. The van der Waals surface area contributed by atoms with E-state index in [1.807, 2.05) is 20.8 Å². The van der Waals surface area contributed by atoms with E-state index in [1.165, 1.54) is 11.5 Å². The molecule has 1 aliphatic rings. The lowest BCUT2D eigenvalue weighted by Gasteiger charge is -2.27. The summed E-state index contributed by atoms with van der Waals surface area (Å²) in [5, 5.41) is 3.22. The number of rotatable bonds is 3. The molecule has 0 aromatic carbocycles. The number of amides is 1. The van der Waals surface area contributed by atoms with Gasteiger partial charge < -0.3 is 9.47 Å². The number of hydrogen-bond donors (Lipinski definition) is 1. The first-order valence-corrected chi connectivity index (χ1v) is 6.73. The summed E-state index contributed by atoms with van der Waals surface area (Å²) < 4.78 is 14.9. The molecule has 1 fully saturated rings. The molecule has 0 bridgehead atoms. The van der Waals surface area contributed by atoms with E-state index in [0.29, 0.717) is 18.3 Å². The van der Waals surface area contributed by atoms with Crippen LogP contribution in [0.3, 0.4) is 0 Å². The van der Waals surface area contributed by atoms with Crippen LogP contribution in [0.25, 0.3) is 0 Å². The number of carbonyl (C=O) groups is 1. The Morgan fingerprint density at radius 2 is 2.17 bits per heavy atom. The molecule has 2 rings (SSSR count). The van der Waals surface area contributed by atoms with Gasteiger partial charge in [0.15, 0.2) is 6.10 Å². The Labute approximate surface area is 110 Å². The molecule has 0 unspecified atom stereocenters. The van der Waals surface area contributed by atoms with E-state index < -0.39 is 6.10 Å². The van der Waals surface area contributed by atoms with Crippen molar-refractivity contribution in [2.45, 2.75) is 38.9 Å². The highest BCUT2D eigenvalue weighted by atomic mass is 32.1. The second-order valence-corrected chi connectivity index (χ2v) is 5.22. The Kier molecular flexibility index (Phi) is 4.26. The molecule has 0 spiro atoms. The van der Waals surface area contributed by atoms with Gasteiger partial charge in [0.25, 0.3) is 5.91 Å². The minimum atomic E-state index is -0.579. The van der Waals surface area contributed by atoms with Crippen LogP contribution in [0, 0.1) is 0 Å². The van der Waals surface area contributed by atoms with E-state index in [4.69, 9.17) is 9.47 Å². The quantitative estimate of drug-likeness (QED) is 0.899. The summed E-state index contributed by atoms with van der Waals surface area (Å²) in [6, 6.07) is 0. The highest BCUT2D eigenvalue weighted by Crippen LogP contribution is 2.19. The molecule has 7 heteroatoms. The summed E-state index contributed by atoms with van der Waals surface area (Å²) in [5.74, 6) is 0.762. The summed E-state index contributed by atoms with van der Waals surface area (Å²) >= 11 is 1.18. The number of aromatic nitrogens is 2. The van der Waals surface area contributed by atoms with E-state index in [-0.39, 0.29) is 17.9 Å². The number of ether oxygens (including phenoxy) is 2. The van der Waals surface area contributed by atoms with Gasteiger partial charge in [-0.3, -0.25) is 10.1 Å². The van der Waals surface area contributed by atoms with Gasteiger partial charge in [0.1, 0.15) is 5.82 Å². The normalized spacial score (nSPS) is 24.2. The first kappa shape index (κ1) is 13.4. The third-order valence-corrected chi connectivity index (χ3v) is 3.28. The number of anilines is 1. The Hall–Kier alpha value is -1.05. The number of nitrogens with zero attached hydrogens (tertiary/aromatic N) is 2. The van der Waals surface area contributed by atoms with Gasteiger partial charge in [-0.1, -0.05) is 13.8 Å². The van der Waals surface area contributed by atoms with Crippen molar-refractivity contribution in [2.24, 2.45) is 0 Å². The summed E-state index contributed by atoms with van der Waals surface area (Å²) in [7, 11) is 0. The van der Waals surface area contributed by atoms with E-state index >= 15 is 0 Å². The fourth-order valence-electron chi connectivity index (χ4n) is 1.62. The fraction of sp³-hybridized carbons (Fsp3) is 0.727. The van der Waals surface area contributed by atoms with Gasteiger partial charge in [-0.15, -0.1) is 0 Å². The fourth-order valence-corrected chi connectivity index (χ4v) is 2.33. The van der Waals surface area contributed by atoms with Crippen molar-refractivity contribution in [3.63, 3.8) is 0 Å². The lowest BCUT2D eigenvalue weighted by Crippen LogP contribution is -2.44. The minimum Gasteiger partial charge on any atom is -0.373 e. The molecule has 2 atom stereocenters. The van der Waals surface area contributed by atoms with Crippen molar-refractivity contribution in [2.75, 3.05) is 18.5 Å². The largest absolute Gasteiger partial charge is 0.373 e. The van der Waals surface area contributed by atoms with E-state index in [2.05, 4.69) is 14.7 Å². The molecule has 2 heterocycles. The Bertz CT molecular complexity index is 421. The van der Waals surface area contributed by atoms with Gasteiger partial charge in [-0.2, -0.15) is 4.37 Å². The number of carbonyl (C=O) groups excluding carboxylic acids is 1. The Morgan fingerprint density at radius 1 is 1.44 bits per heavy atom. The van der Waals surface area contributed by atoms with Gasteiger partial charge in [0.2, 0.25) is 5.13 Å². The average molecular weight is 271 g/mol. The molecule has 0 saturated carbocycles. The smallest absolute Gasteiger partial charge is 0.258 e. The van der Waals surface area contributed by atoms with E-state index in [0.717, 1.165) is 5.82 Å². The lowest BCUT2D eigenvalue weighted by molar-refractivity contribution is -0.157. The van der Waals surface area contributed by atoms with Gasteiger partial charge >= 0.3 is 0 Å². The first-order valence-electron chi connectivity index (χ1n) is 5.95. The maximum Gasteiger partial charge on any atom is 0.258 e. The van der Waals surface area contributed by atoms with Crippen LogP contribution in [-0.4, -0.2) is 40.7 Å². The van der Waals surface area contributed by atoms with Crippen LogP contribution >= 0.6 is 11.5 Å². The maximum absolute atomic E-state index is 12.0. The highest BCUT2D eigenvalue weighted by molar-refractivity contribution is 7.09. The van der Waals surface area contributed by atoms with Crippen molar-refractivity contribution >= 4 is 22.6 Å². The highest BCUT2D eigenvalue weighted by Gasteiger charge is 2.30.